The van der Waals surface area contributed by atoms with Gasteiger partial charge >= 0.3 is 0 Å². The van der Waals surface area contributed by atoms with E-state index < -0.39 is 0 Å². The van der Waals surface area contributed by atoms with E-state index in [-0.39, 0.29) is 0 Å². The first-order chi connectivity index (χ1) is 14.2. The Labute approximate surface area is 184 Å². The van der Waals surface area contributed by atoms with Gasteiger partial charge in [0.05, 0.1) is 0 Å². The first kappa shape index (κ1) is 26.5. The van der Waals surface area contributed by atoms with Crippen molar-refractivity contribution < 1.29 is 0 Å². The van der Waals surface area contributed by atoms with Gasteiger partial charge in [-0.25, -0.2) is 0 Å². The van der Waals surface area contributed by atoms with E-state index in [0.717, 1.165) is 18.3 Å². The lowest BCUT2D eigenvalue weighted by atomic mass is 9.95. The van der Waals surface area contributed by atoms with Gasteiger partial charge in [0, 0.05) is 18.9 Å². The van der Waals surface area contributed by atoms with Crippen LogP contribution in [0, 0.1) is 29.6 Å². The summed E-state index contributed by atoms with van der Waals surface area (Å²) in [5.74, 6) is 9.26. The molecule has 0 spiro atoms. The molecular formula is C27H52N2. The van der Waals surface area contributed by atoms with Crippen molar-refractivity contribution in [2.45, 2.75) is 111 Å². The van der Waals surface area contributed by atoms with Gasteiger partial charge in [0.2, 0.25) is 0 Å². The van der Waals surface area contributed by atoms with E-state index in [1.807, 2.05) is 0 Å². The van der Waals surface area contributed by atoms with Crippen molar-refractivity contribution in [1.82, 2.24) is 10.2 Å². The molecule has 1 rings (SSSR count). The number of unbranched alkanes of at least 4 members (excludes halogenated alkanes) is 5. The number of hydrogen-bond acceptors (Lipinski definition) is 2. The molecule has 0 aromatic heterocycles. The highest BCUT2D eigenvalue weighted by molar-refractivity contribution is 5.02. The van der Waals surface area contributed by atoms with Crippen molar-refractivity contribution in [3.8, 4) is 11.8 Å². The van der Waals surface area contributed by atoms with E-state index >= 15 is 0 Å². The Morgan fingerprint density at radius 3 is 2.31 bits per heavy atom. The lowest BCUT2D eigenvalue weighted by Crippen LogP contribution is -2.38. The maximum Gasteiger partial charge on any atom is 0.0217 e. The fourth-order valence-electron chi connectivity index (χ4n) is 4.45. The summed E-state index contributed by atoms with van der Waals surface area (Å²) in [6.45, 7) is 15.4. The molecule has 2 nitrogen and oxygen atoms in total. The summed E-state index contributed by atoms with van der Waals surface area (Å²) in [7, 11) is 0. The first-order valence-corrected chi connectivity index (χ1v) is 13.1. The highest BCUT2D eigenvalue weighted by atomic mass is 15.1. The van der Waals surface area contributed by atoms with Crippen LogP contribution in [0.5, 0.6) is 0 Å². The molecule has 1 saturated heterocycles. The molecule has 2 atom stereocenters. The Balaban J connectivity index is 2.06. The quantitative estimate of drug-likeness (QED) is 0.222. The molecule has 0 aromatic rings. The van der Waals surface area contributed by atoms with Gasteiger partial charge in [0.1, 0.15) is 0 Å². The average molecular weight is 405 g/mol. The van der Waals surface area contributed by atoms with Crippen molar-refractivity contribution in [1.29, 1.82) is 0 Å². The van der Waals surface area contributed by atoms with Gasteiger partial charge in [0.25, 0.3) is 0 Å². The fraction of sp³-hybridized carbons (Fsp3) is 0.926. The van der Waals surface area contributed by atoms with Gasteiger partial charge in [-0.1, -0.05) is 79.1 Å². The number of rotatable bonds is 16. The van der Waals surface area contributed by atoms with E-state index in [9.17, 15) is 0 Å². The van der Waals surface area contributed by atoms with Gasteiger partial charge in [-0.05, 0) is 63.7 Å². The second-order valence-electron chi connectivity index (χ2n) is 9.53. The molecule has 0 bridgehead atoms. The summed E-state index contributed by atoms with van der Waals surface area (Å²) in [6, 6.07) is 0. The van der Waals surface area contributed by atoms with E-state index in [1.165, 1.54) is 110 Å². The second kappa shape index (κ2) is 18.3. The summed E-state index contributed by atoms with van der Waals surface area (Å²) in [6.07, 6.45) is 17.4. The van der Waals surface area contributed by atoms with Gasteiger partial charge in [-0.3, -0.25) is 0 Å². The highest BCUT2D eigenvalue weighted by Crippen LogP contribution is 2.18. The smallest absolute Gasteiger partial charge is 0.0217 e. The number of piperidine rings is 1. The van der Waals surface area contributed by atoms with Crippen molar-refractivity contribution in [3.63, 3.8) is 0 Å². The molecule has 1 aliphatic rings. The molecule has 2 unspecified atom stereocenters. The number of hydrogen-bond donors (Lipinski definition) is 1. The maximum atomic E-state index is 3.81. The van der Waals surface area contributed by atoms with E-state index in [2.05, 4.69) is 49.8 Å². The minimum atomic E-state index is 0.581. The zero-order valence-corrected chi connectivity index (χ0v) is 20.4. The molecule has 1 heterocycles. The Hall–Kier alpha value is -0.520. The van der Waals surface area contributed by atoms with Crippen LogP contribution < -0.4 is 5.32 Å². The van der Waals surface area contributed by atoms with Crippen molar-refractivity contribution in [2.24, 2.45) is 17.8 Å². The lowest BCUT2D eigenvalue weighted by molar-refractivity contribution is 0.184. The molecule has 1 aliphatic heterocycles. The molecular weight excluding hydrogens is 352 g/mol. The van der Waals surface area contributed by atoms with Crippen LogP contribution in [0.1, 0.15) is 111 Å². The summed E-state index contributed by atoms with van der Waals surface area (Å²) < 4.78 is 0. The third-order valence-electron chi connectivity index (χ3n) is 6.76. The van der Waals surface area contributed by atoms with Crippen LogP contribution in [0.2, 0.25) is 0 Å². The molecule has 0 aliphatic carbocycles. The van der Waals surface area contributed by atoms with Crippen molar-refractivity contribution in [3.05, 3.63) is 0 Å². The van der Waals surface area contributed by atoms with Gasteiger partial charge < -0.3 is 10.2 Å². The first-order valence-electron chi connectivity index (χ1n) is 13.1. The predicted octanol–water partition coefficient (Wildman–Crippen LogP) is 6.89. The van der Waals surface area contributed by atoms with Crippen LogP contribution in [0.25, 0.3) is 0 Å². The Kier molecular flexibility index (Phi) is 16.7. The molecule has 1 fully saturated rings. The SMILES string of the molecule is CCCCCCC(CC)CNCC1CCN(CCC#CC(C)CCCCC)CC1. The third kappa shape index (κ3) is 14.2. The number of nitrogens with zero attached hydrogens (tertiary/aromatic N) is 1. The molecule has 0 radical (unpaired) electrons. The minimum Gasteiger partial charge on any atom is -0.316 e. The Morgan fingerprint density at radius 1 is 0.931 bits per heavy atom. The normalized spacial score (nSPS) is 17.7. The van der Waals surface area contributed by atoms with Crippen LogP contribution in [0.3, 0.4) is 0 Å². The highest BCUT2D eigenvalue weighted by Gasteiger charge is 2.18. The fourth-order valence-corrected chi connectivity index (χ4v) is 4.45. The molecule has 170 valence electrons. The Morgan fingerprint density at radius 2 is 1.62 bits per heavy atom. The van der Waals surface area contributed by atoms with E-state index in [0.29, 0.717) is 5.92 Å². The summed E-state index contributed by atoms with van der Waals surface area (Å²) in [4.78, 5) is 2.63. The van der Waals surface area contributed by atoms with Gasteiger partial charge in [0.15, 0.2) is 0 Å². The van der Waals surface area contributed by atoms with Crippen LogP contribution in [-0.2, 0) is 0 Å². The zero-order chi connectivity index (χ0) is 21.2. The largest absolute Gasteiger partial charge is 0.316 e. The van der Waals surface area contributed by atoms with Crippen LogP contribution >= 0.6 is 0 Å². The molecule has 2 heteroatoms. The van der Waals surface area contributed by atoms with E-state index in [4.69, 9.17) is 0 Å². The summed E-state index contributed by atoms with van der Waals surface area (Å²) in [5.41, 5.74) is 0. The third-order valence-corrected chi connectivity index (χ3v) is 6.76. The van der Waals surface area contributed by atoms with Crippen LogP contribution in [0.4, 0.5) is 0 Å². The lowest BCUT2D eigenvalue weighted by Gasteiger charge is -2.32. The zero-order valence-electron chi connectivity index (χ0n) is 20.4. The topological polar surface area (TPSA) is 15.3 Å². The molecule has 29 heavy (non-hydrogen) atoms. The number of nitrogens with one attached hydrogen (secondary N) is 1. The second-order valence-corrected chi connectivity index (χ2v) is 9.53. The molecule has 0 amide bonds. The summed E-state index contributed by atoms with van der Waals surface area (Å²) in [5, 5.41) is 3.81. The number of likely N-dealkylation sites (tertiary alicyclic amines) is 1. The van der Waals surface area contributed by atoms with Crippen LogP contribution in [0.15, 0.2) is 0 Å². The van der Waals surface area contributed by atoms with Crippen molar-refractivity contribution >= 4 is 0 Å². The molecule has 0 saturated carbocycles. The Bertz CT molecular complexity index is 414. The molecule has 1 N–H and O–H groups in total. The molecule has 0 aromatic carbocycles. The van der Waals surface area contributed by atoms with Crippen molar-refractivity contribution in [2.75, 3.05) is 32.7 Å². The average Bonchev–Trinajstić information content (AvgIpc) is 2.74. The van der Waals surface area contributed by atoms with E-state index in [1.54, 1.807) is 0 Å². The van der Waals surface area contributed by atoms with Gasteiger partial charge in [-0.15, -0.1) is 11.8 Å². The van der Waals surface area contributed by atoms with Gasteiger partial charge in [-0.2, -0.15) is 0 Å². The monoisotopic (exact) mass is 404 g/mol. The predicted molar refractivity (Wildman–Crippen MR) is 130 cm³/mol. The van der Waals surface area contributed by atoms with Crippen LogP contribution in [-0.4, -0.2) is 37.6 Å². The standard InChI is InChI=1S/C27H52N2/c1-5-8-10-12-17-26(7-3)23-28-24-27-18-21-29(22-19-27)20-14-13-16-25(4)15-11-9-6-2/h25-28H,5-12,14-15,17-24H2,1-4H3. The minimum absolute atomic E-state index is 0.581. The summed E-state index contributed by atoms with van der Waals surface area (Å²) >= 11 is 0. The maximum absolute atomic E-state index is 3.81.